The van der Waals surface area contributed by atoms with Gasteiger partial charge in [0.2, 0.25) is 11.7 Å². The summed E-state index contributed by atoms with van der Waals surface area (Å²) < 4.78 is 45.6. The largest absolute Gasteiger partial charge is 0.490 e. The summed E-state index contributed by atoms with van der Waals surface area (Å²) in [5.74, 6) is 0.330. The van der Waals surface area contributed by atoms with Crippen LogP contribution in [0.5, 0.6) is 0 Å². The lowest BCUT2D eigenvalue weighted by Crippen LogP contribution is -2.55. The number of anilines is 1. The van der Waals surface area contributed by atoms with Gasteiger partial charge in [0, 0.05) is 38.9 Å². The third-order valence-electron chi connectivity index (χ3n) is 7.37. The van der Waals surface area contributed by atoms with Gasteiger partial charge in [-0.15, -0.1) is 0 Å². The van der Waals surface area contributed by atoms with E-state index in [9.17, 15) is 27.6 Å². The van der Waals surface area contributed by atoms with Crippen LogP contribution in [0.25, 0.3) is 0 Å². The number of pyridine rings is 1. The lowest BCUT2D eigenvalue weighted by atomic mass is 9.96. The third kappa shape index (κ3) is 4.72. The first kappa shape index (κ1) is 26.1. The van der Waals surface area contributed by atoms with Crippen LogP contribution in [0, 0.1) is 12.8 Å². The monoisotopic (exact) mass is 537 g/mol. The van der Waals surface area contributed by atoms with Crippen molar-refractivity contribution in [2.45, 2.75) is 44.4 Å². The van der Waals surface area contributed by atoms with Crippen LogP contribution >= 0.6 is 0 Å². The molecule has 0 radical (unpaired) electrons. The van der Waals surface area contributed by atoms with E-state index < -0.39 is 29.9 Å². The predicted octanol–water partition coefficient (Wildman–Crippen LogP) is 1.27. The Labute approximate surface area is 216 Å². The normalized spacial score (nSPS) is 21.3. The van der Waals surface area contributed by atoms with Crippen molar-refractivity contribution in [1.29, 1.82) is 0 Å². The fourth-order valence-corrected chi connectivity index (χ4v) is 5.27. The summed E-state index contributed by atoms with van der Waals surface area (Å²) in [6.07, 6.45) is -2.37. The topological polar surface area (TPSA) is 120 Å². The number of methoxy groups -OCH3 is 1. The maximum absolute atomic E-state index is 13.8. The van der Waals surface area contributed by atoms with E-state index in [-0.39, 0.29) is 67.4 Å². The number of halogens is 3. The van der Waals surface area contributed by atoms with Crippen molar-refractivity contribution in [2.24, 2.45) is 10.9 Å². The Morgan fingerprint density at radius 1 is 1.26 bits per heavy atom. The molecule has 1 spiro atoms. The molecule has 11 nitrogen and oxygen atoms in total. The van der Waals surface area contributed by atoms with Crippen LogP contribution in [0.3, 0.4) is 0 Å². The molecule has 4 heterocycles. The number of fused-ring (bicyclic) bond motifs is 2. The Hall–Kier alpha value is -3.55. The molecule has 38 heavy (non-hydrogen) atoms. The van der Waals surface area contributed by atoms with E-state index >= 15 is 0 Å². The first-order valence-corrected chi connectivity index (χ1v) is 12.4. The van der Waals surface area contributed by atoms with Crippen LogP contribution < -0.4 is 21.5 Å². The number of piperidine rings is 1. The number of alkyl halides is 3. The summed E-state index contributed by atoms with van der Waals surface area (Å²) in [4.78, 5) is 46.5. The molecule has 14 heteroatoms. The summed E-state index contributed by atoms with van der Waals surface area (Å²) in [5, 5.41) is 8.78. The molecule has 0 atom stereocenters. The Morgan fingerprint density at radius 3 is 2.55 bits per heavy atom. The maximum Gasteiger partial charge on any atom is 0.401 e. The molecule has 3 aliphatic heterocycles. The van der Waals surface area contributed by atoms with Crippen LogP contribution in [-0.2, 0) is 15.2 Å². The van der Waals surface area contributed by atoms with Crippen LogP contribution in [0.15, 0.2) is 27.4 Å². The van der Waals surface area contributed by atoms with E-state index in [0.717, 1.165) is 12.8 Å². The fourth-order valence-electron chi connectivity index (χ4n) is 5.27. The first-order chi connectivity index (χ1) is 17.9. The number of likely N-dealkylation sites (tertiary alicyclic amines) is 1. The van der Waals surface area contributed by atoms with Crippen molar-refractivity contribution >= 4 is 23.3 Å². The minimum Gasteiger partial charge on any atom is -0.490 e. The predicted molar refractivity (Wildman–Crippen MR) is 131 cm³/mol. The minimum atomic E-state index is -4.33. The molecule has 5 rings (SSSR count). The number of hydrogen-bond acceptors (Lipinski definition) is 8. The van der Waals surface area contributed by atoms with Gasteiger partial charge in [0.05, 0.1) is 13.7 Å². The molecule has 206 valence electrons. The number of rotatable bonds is 5. The summed E-state index contributed by atoms with van der Waals surface area (Å²) >= 11 is 0. The molecule has 2 amide bonds. The van der Waals surface area contributed by atoms with Gasteiger partial charge < -0.3 is 25.6 Å². The Kier molecular flexibility index (Phi) is 6.40. The molecule has 0 aromatic carbocycles. The Morgan fingerprint density at radius 2 is 1.95 bits per heavy atom. The summed E-state index contributed by atoms with van der Waals surface area (Å²) in [5.41, 5.74) is -0.779. The van der Waals surface area contributed by atoms with E-state index in [4.69, 9.17) is 4.74 Å². The molecule has 1 aromatic rings. The number of carbonyl (C=O) groups excluding carboxylic acids is 2. The number of nitrogens with one attached hydrogen (secondary N) is 3. The number of nitrogens with zero attached hydrogens (tertiary/aromatic N) is 4. The highest BCUT2D eigenvalue weighted by Crippen LogP contribution is 2.35. The molecule has 1 saturated carbocycles. The van der Waals surface area contributed by atoms with Gasteiger partial charge in [-0.3, -0.25) is 23.9 Å². The second-order valence-corrected chi connectivity index (χ2v) is 10.2. The van der Waals surface area contributed by atoms with Gasteiger partial charge >= 0.3 is 6.18 Å². The van der Waals surface area contributed by atoms with Crippen LogP contribution in [0.2, 0.25) is 0 Å². The highest BCUT2D eigenvalue weighted by atomic mass is 19.4. The number of amidine groups is 1. The van der Waals surface area contributed by atoms with E-state index in [1.165, 1.54) is 16.6 Å². The molecule has 1 saturated heterocycles. The van der Waals surface area contributed by atoms with Crippen molar-refractivity contribution in [1.82, 2.24) is 25.0 Å². The average molecular weight is 538 g/mol. The van der Waals surface area contributed by atoms with Gasteiger partial charge in [-0.25, -0.2) is 4.99 Å². The summed E-state index contributed by atoms with van der Waals surface area (Å²) in [7, 11) is 3.19. The van der Waals surface area contributed by atoms with Gasteiger partial charge in [0.15, 0.2) is 11.7 Å². The van der Waals surface area contributed by atoms with Gasteiger partial charge in [-0.1, -0.05) is 0 Å². The Bertz CT molecular complexity index is 1290. The molecule has 1 aliphatic carbocycles. The van der Waals surface area contributed by atoms with Crippen molar-refractivity contribution in [3.05, 3.63) is 39.3 Å². The molecular weight excluding hydrogens is 507 g/mol. The quantitative estimate of drug-likeness (QED) is 0.518. The number of carbonyl (C=O) groups is 2. The van der Waals surface area contributed by atoms with Crippen molar-refractivity contribution in [3.63, 3.8) is 0 Å². The molecule has 1 aromatic heterocycles. The fraction of sp³-hybridized carbons (Fsp3) is 0.583. The SMILES string of the molecule is COC1=C(NC(=O)C2CC2)N(C)CN=C1Nc1cc(C)c2n(c1=O)C1(CCN(CC(F)(F)F)CC1)NC2=O. The van der Waals surface area contributed by atoms with Gasteiger partial charge in [0.1, 0.15) is 23.7 Å². The van der Waals surface area contributed by atoms with E-state index in [0.29, 0.717) is 11.4 Å². The van der Waals surface area contributed by atoms with E-state index in [1.807, 2.05) is 0 Å². The van der Waals surface area contributed by atoms with Gasteiger partial charge in [-0.05, 0) is 31.4 Å². The molecule has 0 bridgehead atoms. The lowest BCUT2D eigenvalue weighted by Gasteiger charge is -2.40. The number of hydrogen-bond donors (Lipinski definition) is 3. The van der Waals surface area contributed by atoms with Crippen molar-refractivity contribution in [3.8, 4) is 0 Å². The number of aryl methyl sites for hydroxylation is 1. The Balaban J connectivity index is 1.45. The second-order valence-electron chi connectivity index (χ2n) is 10.2. The van der Waals surface area contributed by atoms with Crippen molar-refractivity contribution < 1.29 is 27.5 Å². The van der Waals surface area contributed by atoms with Gasteiger partial charge in [-0.2, -0.15) is 13.2 Å². The number of aromatic nitrogens is 1. The van der Waals surface area contributed by atoms with Crippen molar-refractivity contribution in [2.75, 3.05) is 45.8 Å². The highest BCUT2D eigenvalue weighted by molar-refractivity contribution is 6.08. The molecule has 3 N–H and O–H groups in total. The number of ether oxygens (including phenoxy) is 1. The van der Waals surface area contributed by atoms with Crippen LogP contribution in [0.4, 0.5) is 18.9 Å². The van der Waals surface area contributed by atoms with Crippen LogP contribution in [-0.4, -0.2) is 78.7 Å². The zero-order valence-corrected chi connectivity index (χ0v) is 21.4. The zero-order chi connectivity index (χ0) is 27.4. The standard InChI is InChI=1S/C24H30F3N7O4/c1-13-10-15(29-18-17(38-3)19(32(2)12-28-18)30-20(35)14-4-5-14)22(37)34-16(13)21(36)31-23(34)6-8-33(9-7-23)11-24(25,26)27/h10,14H,4-9,11-12H2,1-3H3,(H,28,29)(H,30,35)(H,31,36). The average Bonchev–Trinajstić information content (AvgIpc) is 3.65. The molecular formula is C24H30F3N7O4. The number of aliphatic imine (C=N–C) groups is 1. The summed E-state index contributed by atoms with van der Waals surface area (Å²) in [6, 6.07) is 1.54. The molecule has 2 fully saturated rings. The zero-order valence-electron chi connectivity index (χ0n) is 21.4. The van der Waals surface area contributed by atoms with Crippen LogP contribution in [0.1, 0.15) is 41.7 Å². The third-order valence-corrected chi connectivity index (χ3v) is 7.37. The first-order valence-electron chi connectivity index (χ1n) is 12.4. The lowest BCUT2D eigenvalue weighted by molar-refractivity contribution is -0.150. The van der Waals surface area contributed by atoms with Gasteiger partial charge in [0.25, 0.3) is 11.5 Å². The minimum absolute atomic E-state index is 0.0305. The van der Waals surface area contributed by atoms with E-state index in [2.05, 4.69) is 20.9 Å². The maximum atomic E-state index is 13.8. The summed E-state index contributed by atoms with van der Waals surface area (Å²) in [6.45, 7) is 0.988. The second kappa shape index (κ2) is 9.33. The molecule has 4 aliphatic rings. The van der Waals surface area contributed by atoms with E-state index in [1.54, 1.807) is 24.9 Å². The number of amides is 2. The smallest absolute Gasteiger partial charge is 0.401 e. The highest BCUT2D eigenvalue weighted by Gasteiger charge is 2.47. The molecule has 0 unspecified atom stereocenters.